The summed E-state index contributed by atoms with van der Waals surface area (Å²) in [4.78, 5) is 0. The molecule has 0 aromatic heterocycles. The molecule has 2 N–H and O–H groups in total. The Bertz CT molecular complexity index is 141. The van der Waals surface area contributed by atoms with Crippen LogP contribution in [0, 0.1) is 0 Å². The Hall–Kier alpha value is -0.0800. The van der Waals surface area contributed by atoms with Crippen molar-refractivity contribution in [3.05, 3.63) is 0 Å². The molecule has 2 heteroatoms. The smallest absolute Gasteiger partial charge is 0.0195 e. The average molecular weight is 212 g/mol. The van der Waals surface area contributed by atoms with Crippen molar-refractivity contribution in [1.82, 2.24) is 10.6 Å². The monoisotopic (exact) mass is 212 g/mol. The number of piperidine rings is 1. The summed E-state index contributed by atoms with van der Waals surface area (Å²) < 4.78 is 0. The van der Waals surface area contributed by atoms with Gasteiger partial charge in [0.25, 0.3) is 0 Å². The topological polar surface area (TPSA) is 24.1 Å². The quantitative estimate of drug-likeness (QED) is 0.634. The highest BCUT2D eigenvalue weighted by molar-refractivity contribution is 4.77. The third kappa shape index (κ3) is 6.16. The van der Waals surface area contributed by atoms with Crippen LogP contribution in [-0.2, 0) is 0 Å². The Kier molecular flexibility index (Phi) is 7.03. The lowest BCUT2D eigenvalue weighted by atomic mass is 10.0. The molecule has 1 fully saturated rings. The van der Waals surface area contributed by atoms with Gasteiger partial charge in [-0.25, -0.2) is 0 Å². The Morgan fingerprint density at radius 1 is 1.33 bits per heavy atom. The van der Waals surface area contributed by atoms with Gasteiger partial charge in [-0.15, -0.1) is 0 Å². The van der Waals surface area contributed by atoms with Gasteiger partial charge >= 0.3 is 0 Å². The number of rotatable bonds is 7. The molecule has 0 aromatic rings. The minimum absolute atomic E-state index is 0.701. The summed E-state index contributed by atoms with van der Waals surface area (Å²) in [5.74, 6) is 0. The molecule has 1 rings (SSSR count). The molecule has 15 heavy (non-hydrogen) atoms. The molecular weight excluding hydrogens is 184 g/mol. The van der Waals surface area contributed by atoms with Gasteiger partial charge in [0.1, 0.15) is 0 Å². The van der Waals surface area contributed by atoms with E-state index in [-0.39, 0.29) is 0 Å². The first kappa shape index (κ1) is 13.0. The maximum absolute atomic E-state index is 3.73. The minimum Gasteiger partial charge on any atom is -0.315 e. The zero-order valence-electron chi connectivity index (χ0n) is 10.5. The van der Waals surface area contributed by atoms with Gasteiger partial charge < -0.3 is 10.6 Å². The second-order valence-corrected chi connectivity index (χ2v) is 4.96. The summed E-state index contributed by atoms with van der Waals surface area (Å²) >= 11 is 0. The van der Waals surface area contributed by atoms with Crippen LogP contribution in [0.1, 0.15) is 58.8 Å². The number of hydrogen-bond donors (Lipinski definition) is 2. The van der Waals surface area contributed by atoms with Crippen LogP contribution < -0.4 is 10.6 Å². The van der Waals surface area contributed by atoms with Gasteiger partial charge in [0.2, 0.25) is 0 Å². The molecule has 90 valence electrons. The molecule has 1 saturated heterocycles. The molecular formula is C13H28N2. The largest absolute Gasteiger partial charge is 0.315 e. The van der Waals surface area contributed by atoms with E-state index in [4.69, 9.17) is 0 Å². The fourth-order valence-electron chi connectivity index (χ4n) is 2.36. The van der Waals surface area contributed by atoms with Crippen LogP contribution in [0.25, 0.3) is 0 Å². The summed E-state index contributed by atoms with van der Waals surface area (Å²) in [5, 5.41) is 7.19. The van der Waals surface area contributed by atoms with Gasteiger partial charge in [-0.05, 0) is 32.7 Å². The summed E-state index contributed by atoms with van der Waals surface area (Å²) in [6, 6.07) is 1.42. The predicted octanol–water partition coefficient (Wildman–Crippen LogP) is 2.69. The molecule has 1 aliphatic heterocycles. The van der Waals surface area contributed by atoms with Crippen LogP contribution in [0.2, 0.25) is 0 Å². The Morgan fingerprint density at radius 3 is 2.87 bits per heavy atom. The first-order valence-electron chi connectivity index (χ1n) is 6.79. The first-order valence-corrected chi connectivity index (χ1v) is 6.79. The van der Waals surface area contributed by atoms with E-state index in [9.17, 15) is 0 Å². The van der Waals surface area contributed by atoms with Crippen LogP contribution in [0.3, 0.4) is 0 Å². The molecule has 0 radical (unpaired) electrons. The van der Waals surface area contributed by atoms with Crippen LogP contribution in [0.5, 0.6) is 0 Å². The van der Waals surface area contributed by atoms with Crippen molar-refractivity contribution in [3.63, 3.8) is 0 Å². The van der Waals surface area contributed by atoms with Gasteiger partial charge in [-0.1, -0.05) is 32.6 Å². The summed E-state index contributed by atoms with van der Waals surface area (Å²) in [6.07, 6.45) is 9.57. The molecule has 0 aromatic carbocycles. The van der Waals surface area contributed by atoms with Crippen LogP contribution in [0.15, 0.2) is 0 Å². The van der Waals surface area contributed by atoms with Gasteiger partial charge in [0.15, 0.2) is 0 Å². The lowest BCUT2D eigenvalue weighted by molar-refractivity contribution is 0.346. The minimum atomic E-state index is 0.701. The van der Waals surface area contributed by atoms with E-state index in [1.165, 1.54) is 58.0 Å². The van der Waals surface area contributed by atoms with Crippen molar-refractivity contribution in [1.29, 1.82) is 0 Å². The number of nitrogens with one attached hydrogen (secondary N) is 2. The second kappa shape index (κ2) is 8.12. The van der Waals surface area contributed by atoms with E-state index in [1.54, 1.807) is 0 Å². The summed E-state index contributed by atoms with van der Waals surface area (Å²) in [5.41, 5.74) is 0. The van der Waals surface area contributed by atoms with Crippen LogP contribution in [-0.4, -0.2) is 25.2 Å². The number of hydrogen-bond acceptors (Lipinski definition) is 2. The SMILES string of the molecule is CCCCCCC(C)NC1CCCNC1. The molecule has 2 atom stereocenters. The Labute approximate surface area is 95.2 Å². The normalized spacial score (nSPS) is 24.0. The van der Waals surface area contributed by atoms with E-state index in [1.807, 2.05) is 0 Å². The van der Waals surface area contributed by atoms with Crippen molar-refractivity contribution < 1.29 is 0 Å². The van der Waals surface area contributed by atoms with Gasteiger partial charge in [-0.3, -0.25) is 0 Å². The summed E-state index contributed by atoms with van der Waals surface area (Å²) in [6.45, 7) is 6.98. The van der Waals surface area contributed by atoms with Crippen molar-refractivity contribution in [2.45, 2.75) is 70.9 Å². The molecule has 2 unspecified atom stereocenters. The van der Waals surface area contributed by atoms with Crippen LogP contribution in [0.4, 0.5) is 0 Å². The first-order chi connectivity index (χ1) is 7.33. The molecule has 1 aliphatic rings. The molecule has 0 saturated carbocycles. The highest BCUT2D eigenvalue weighted by atomic mass is 15.0. The van der Waals surface area contributed by atoms with E-state index in [2.05, 4.69) is 24.5 Å². The fourth-order valence-corrected chi connectivity index (χ4v) is 2.36. The zero-order valence-corrected chi connectivity index (χ0v) is 10.5. The lowest BCUT2D eigenvalue weighted by Crippen LogP contribution is -2.46. The van der Waals surface area contributed by atoms with Gasteiger partial charge in [0, 0.05) is 18.6 Å². The van der Waals surface area contributed by atoms with E-state index in [0.29, 0.717) is 6.04 Å². The Morgan fingerprint density at radius 2 is 2.20 bits per heavy atom. The van der Waals surface area contributed by atoms with Crippen LogP contribution >= 0.6 is 0 Å². The van der Waals surface area contributed by atoms with Crippen molar-refractivity contribution in [2.75, 3.05) is 13.1 Å². The predicted molar refractivity (Wildman–Crippen MR) is 67.2 cm³/mol. The molecule has 0 bridgehead atoms. The molecule has 0 aliphatic carbocycles. The van der Waals surface area contributed by atoms with Crippen molar-refractivity contribution >= 4 is 0 Å². The van der Waals surface area contributed by atoms with Crippen molar-refractivity contribution in [3.8, 4) is 0 Å². The van der Waals surface area contributed by atoms with E-state index >= 15 is 0 Å². The van der Waals surface area contributed by atoms with E-state index < -0.39 is 0 Å². The maximum atomic E-state index is 3.73. The third-order valence-electron chi connectivity index (χ3n) is 3.31. The average Bonchev–Trinajstić information content (AvgIpc) is 2.26. The maximum Gasteiger partial charge on any atom is 0.0195 e. The van der Waals surface area contributed by atoms with E-state index in [0.717, 1.165) is 6.04 Å². The lowest BCUT2D eigenvalue weighted by Gasteiger charge is -2.27. The molecule has 1 heterocycles. The third-order valence-corrected chi connectivity index (χ3v) is 3.31. The molecule has 0 amide bonds. The molecule has 0 spiro atoms. The Balaban J connectivity index is 1.98. The fraction of sp³-hybridized carbons (Fsp3) is 1.00. The molecule has 2 nitrogen and oxygen atoms in total. The highest BCUT2D eigenvalue weighted by Gasteiger charge is 2.14. The zero-order chi connectivity index (χ0) is 10.9. The van der Waals surface area contributed by atoms with Gasteiger partial charge in [-0.2, -0.15) is 0 Å². The van der Waals surface area contributed by atoms with Gasteiger partial charge in [0.05, 0.1) is 0 Å². The summed E-state index contributed by atoms with van der Waals surface area (Å²) in [7, 11) is 0. The van der Waals surface area contributed by atoms with Crippen molar-refractivity contribution in [2.24, 2.45) is 0 Å². The number of unbranched alkanes of at least 4 members (excludes halogenated alkanes) is 3. The second-order valence-electron chi connectivity index (χ2n) is 4.96. The standard InChI is InChI=1S/C13H28N2/c1-3-4-5-6-8-12(2)15-13-9-7-10-14-11-13/h12-15H,3-11H2,1-2H3. The highest BCUT2D eigenvalue weighted by Crippen LogP contribution is 2.08.